The van der Waals surface area contributed by atoms with Gasteiger partial charge in [-0.15, -0.1) is 11.8 Å². The first kappa shape index (κ1) is 22.8. The van der Waals surface area contributed by atoms with Crippen LogP contribution in [0.3, 0.4) is 0 Å². The van der Waals surface area contributed by atoms with E-state index in [0.717, 1.165) is 30.5 Å². The van der Waals surface area contributed by atoms with Crippen molar-refractivity contribution >= 4 is 34.3 Å². The van der Waals surface area contributed by atoms with Crippen LogP contribution in [0.5, 0.6) is 5.75 Å². The van der Waals surface area contributed by atoms with Crippen molar-refractivity contribution in [1.82, 2.24) is 4.57 Å². The molecule has 1 saturated heterocycles. The van der Waals surface area contributed by atoms with Crippen molar-refractivity contribution in [3.05, 3.63) is 62.8 Å². The van der Waals surface area contributed by atoms with Crippen LogP contribution in [0.4, 0.5) is 0 Å². The first-order valence-corrected chi connectivity index (χ1v) is 12.4. The lowest BCUT2D eigenvalue weighted by molar-refractivity contribution is 0.000415. The van der Waals surface area contributed by atoms with E-state index in [1.54, 1.807) is 24.9 Å². The Kier molecular flexibility index (Phi) is 5.59. The van der Waals surface area contributed by atoms with E-state index in [-0.39, 0.29) is 28.4 Å². The maximum Gasteiger partial charge on any atom is 0.341 e. The predicted molar refractivity (Wildman–Crippen MR) is 134 cm³/mol. The number of carbonyl (C=O) groups is 1. The van der Waals surface area contributed by atoms with Crippen LogP contribution in [0.25, 0.3) is 10.9 Å². The van der Waals surface area contributed by atoms with Crippen LogP contribution in [0.2, 0.25) is 0 Å². The number of hydrogen-bond donors (Lipinski definition) is 1. The Hall–Kier alpha value is -3.00. The molecule has 2 aliphatic carbocycles. The van der Waals surface area contributed by atoms with Gasteiger partial charge in [-0.1, -0.05) is 23.4 Å². The van der Waals surface area contributed by atoms with Gasteiger partial charge in [-0.25, -0.2) is 4.79 Å². The van der Waals surface area contributed by atoms with Gasteiger partial charge in [0.2, 0.25) is 5.43 Å². The van der Waals surface area contributed by atoms with Gasteiger partial charge >= 0.3 is 5.97 Å². The van der Waals surface area contributed by atoms with Crippen LogP contribution >= 0.6 is 11.8 Å². The number of pyridine rings is 1. The number of rotatable bonds is 5. The molecule has 2 unspecified atom stereocenters. The molecule has 3 aliphatic rings. The third-order valence-corrected chi connectivity index (χ3v) is 7.70. The summed E-state index contributed by atoms with van der Waals surface area (Å²) in [6.45, 7) is 5.92. The first-order chi connectivity index (χ1) is 16.2. The van der Waals surface area contributed by atoms with Gasteiger partial charge in [0.1, 0.15) is 16.9 Å². The SMILES string of the molecule is COc1c(C2CC3C(=CC=CC3=NOC(C)(C)C)S2)ccc2c(=O)c(C(=O)O)cn(C3CC3)c12. The van der Waals surface area contributed by atoms with Gasteiger partial charge in [-0.3, -0.25) is 4.79 Å². The van der Waals surface area contributed by atoms with Crippen molar-refractivity contribution in [1.29, 1.82) is 0 Å². The number of aromatic nitrogens is 1. The highest BCUT2D eigenvalue weighted by Gasteiger charge is 2.38. The number of benzene rings is 1. The molecule has 1 N–H and O–H groups in total. The van der Waals surface area contributed by atoms with E-state index in [0.29, 0.717) is 16.7 Å². The fourth-order valence-corrected chi connectivity index (χ4v) is 6.04. The summed E-state index contributed by atoms with van der Waals surface area (Å²) in [4.78, 5) is 31.6. The average Bonchev–Trinajstić information content (AvgIpc) is 3.54. The third-order valence-electron chi connectivity index (χ3n) is 6.28. The molecular weight excluding hydrogens is 452 g/mol. The summed E-state index contributed by atoms with van der Waals surface area (Å²) >= 11 is 1.78. The molecule has 0 radical (unpaired) electrons. The molecule has 2 atom stereocenters. The van der Waals surface area contributed by atoms with Crippen LogP contribution in [0, 0.1) is 5.92 Å². The van der Waals surface area contributed by atoms with Crippen molar-refractivity contribution in [3.63, 3.8) is 0 Å². The largest absolute Gasteiger partial charge is 0.494 e. The summed E-state index contributed by atoms with van der Waals surface area (Å²) in [6, 6.07) is 3.86. The highest BCUT2D eigenvalue weighted by molar-refractivity contribution is 8.03. The maximum absolute atomic E-state index is 13.0. The number of carboxylic acids is 1. The van der Waals surface area contributed by atoms with Crippen molar-refractivity contribution in [2.75, 3.05) is 7.11 Å². The number of fused-ring (bicyclic) bond motifs is 2. The van der Waals surface area contributed by atoms with Gasteiger partial charge in [0.25, 0.3) is 0 Å². The van der Waals surface area contributed by atoms with E-state index >= 15 is 0 Å². The molecule has 7 nitrogen and oxygen atoms in total. The standard InChI is InChI=1S/C26H28N2O5S/c1-26(2,3)33-27-19-6-5-7-20-17(19)12-21(34-20)15-10-11-16-22(24(15)32-4)28(14-8-9-14)13-18(23(16)29)25(30)31/h5-7,10-11,13-14,17,21H,8-9,12H2,1-4H3,(H,30,31). The number of aromatic carboxylic acids is 1. The predicted octanol–water partition coefficient (Wildman–Crippen LogP) is 5.46. The Morgan fingerprint density at radius 1 is 1.26 bits per heavy atom. The van der Waals surface area contributed by atoms with Crippen LogP contribution in [-0.2, 0) is 4.84 Å². The number of ether oxygens (including phenoxy) is 1. The zero-order chi connectivity index (χ0) is 24.2. The minimum atomic E-state index is -1.21. The Morgan fingerprint density at radius 3 is 2.68 bits per heavy atom. The van der Waals surface area contributed by atoms with Gasteiger partial charge in [-0.2, -0.15) is 0 Å². The lowest BCUT2D eigenvalue weighted by Crippen LogP contribution is -2.20. The Labute approximate surface area is 202 Å². The van der Waals surface area contributed by atoms with E-state index in [1.807, 2.05) is 43.6 Å². The molecule has 2 heterocycles. The summed E-state index contributed by atoms with van der Waals surface area (Å²) in [5.41, 5.74) is 1.55. The molecule has 1 aromatic heterocycles. The molecule has 2 aromatic rings. The molecule has 2 fully saturated rings. The Balaban J connectivity index is 1.58. The molecule has 0 amide bonds. The molecule has 1 aromatic carbocycles. The van der Waals surface area contributed by atoms with E-state index in [9.17, 15) is 14.7 Å². The second kappa shape index (κ2) is 8.34. The maximum atomic E-state index is 13.0. The minimum absolute atomic E-state index is 0.109. The quantitative estimate of drug-likeness (QED) is 0.572. The molecule has 0 spiro atoms. The number of nitrogens with zero attached hydrogens (tertiary/aromatic N) is 2. The number of methoxy groups -OCH3 is 1. The monoisotopic (exact) mass is 480 g/mol. The van der Waals surface area contributed by atoms with Gasteiger partial charge in [0.05, 0.1) is 23.7 Å². The van der Waals surface area contributed by atoms with Crippen molar-refractivity contribution in [3.8, 4) is 5.75 Å². The lowest BCUT2D eigenvalue weighted by Gasteiger charge is -2.20. The average molecular weight is 481 g/mol. The highest BCUT2D eigenvalue weighted by atomic mass is 32.2. The number of thioether (sulfide) groups is 1. The number of carboxylic acid groups (broad SMARTS) is 1. The molecule has 1 saturated carbocycles. The summed E-state index contributed by atoms with van der Waals surface area (Å²) in [5, 5.41) is 14.5. The zero-order valence-electron chi connectivity index (χ0n) is 19.7. The second-order valence-corrected chi connectivity index (χ2v) is 11.2. The van der Waals surface area contributed by atoms with Gasteiger partial charge < -0.3 is 19.2 Å². The molecule has 178 valence electrons. The van der Waals surface area contributed by atoms with E-state index < -0.39 is 11.4 Å². The zero-order valence-corrected chi connectivity index (χ0v) is 20.5. The van der Waals surface area contributed by atoms with Crippen LogP contribution in [-0.4, -0.2) is 34.1 Å². The summed E-state index contributed by atoms with van der Waals surface area (Å²) in [6.07, 6.45) is 10.3. The fourth-order valence-electron chi connectivity index (χ4n) is 4.57. The fraction of sp³-hybridized carbons (Fsp3) is 0.423. The first-order valence-electron chi connectivity index (χ1n) is 11.5. The second-order valence-electron chi connectivity index (χ2n) is 9.94. The van der Waals surface area contributed by atoms with E-state index in [2.05, 4.69) is 11.2 Å². The lowest BCUT2D eigenvalue weighted by atomic mass is 9.91. The molecular formula is C26H28N2O5S. The Morgan fingerprint density at radius 2 is 2.03 bits per heavy atom. The van der Waals surface area contributed by atoms with Crippen LogP contribution in [0.1, 0.15) is 67.2 Å². The van der Waals surface area contributed by atoms with Crippen molar-refractivity contribution < 1.29 is 19.5 Å². The highest BCUT2D eigenvalue weighted by Crippen LogP contribution is 2.55. The molecule has 5 rings (SSSR count). The van der Waals surface area contributed by atoms with Crippen molar-refractivity contribution in [2.45, 2.75) is 56.9 Å². The van der Waals surface area contributed by atoms with E-state index in [4.69, 9.17) is 9.57 Å². The van der Waals surface area contributed by atoms with E-state index in [1.165, 1.54) is 11.1 Å². The normalized spacial score (nSPS) is 23.2. The Bertz CT molecular complexity index is 1330. The summed E-state index contributed by atoms with van der Waals surface area (Å²) in [5.74, 6) is -0.418. The summed E-state index contributed by atoms with van der Waals surface area (Å²) < 4.78 is 7.84. The van der Waals surface area contributed by atoms with Gasteiger partial charge in [0, 0.05) is 29.0 Å². The van der Waals surface area contributed by atoms with Gasteiger partial charge in [0.15, 0.2) is 0 Å². The topological polar surface area (TPSA) is 90.1 Å². The number of oxime groups is 1. The minimum Gasteiger partial charge on any atom is -0.494 e. The van der Waals surface area contributed by atoms with Gasteiger partial charge in [-0.05, 0) is 57.1 Å². The van der Waals surface area contributed by atoms with Crippen LogP contribution < -0.4 is 10.2 Å². The molecule has 1 aliphatic heterocycles. The van der Waals surface area contributed by atoms with Crippen molar-refractivity contribution in [2.24, 2.45) is 11.1 Å². The smallest absolute Gasteiger partial charge is 0.341 e. The summed E-state index contributed by atoms with van der Waals surface area (Å²) in [7, 11) is 1.61. The number of hydrogen-bond acceptors (Lipinski definition) is 6. The third kappa shape index (κ3) is 4.04. The number of allylic oxidation sites excluding steroid dienone is 4. The molecule has 0 bridgehead atoms. The molecule has 34 heavy (non-hydrogen) atoms. The van der Waals surface area contributed by atoms with Crippen LogP contribution in [0.15, 0.2) is 51.4 Å². The molecule has 8 heteroatoms.